The molecule has 0 radical (unpaired) electrons. The average Bonchev–Trinajstić information content (AvgIpc) is 2.41. The SMILES string of the molecule is CCN(Cc1ccncc1)C(=O)C1(C(N)=S)CC(C)C1. The molecule has 0 bridgehead atoms. The molecule has 1 saturated carbocycles. The Hall–Kier alpha value is -1.49. The number of thiocarbonyl (C=S) groups is 1. The lowest BCUT2D eigenvalue weighted by molar-refractivity contribution is -0.144. The van der Waals surface area contributed by atoms with E-state index in [9.17, 15) is 4.79 Å². The highest BCUT2D eigenvalue weighted by molar-refractivity contribution is 7.80. The van der Waals surface area contributed by atoms with Gasteiger partial charge in [0.25, 0.3) is 0 Å². The predicted molar refractivity (Wildman–Crippen MR) is 82.9 cm³/mol. The first-order chi connectivity index (χ1) is 9.49. The second kappa shape index (κ2) is 5.87. The van der Waals surface area contributed by atoms with Gasteiger partial charge < -0.3 is 10.6 Å². The number of rotatable bonds is 5. The molecule has 4 nitrogen and oxygen atoms in total. The average molecular weight is 291 g/mol. The van der Waals surface area contributed by atoms with Gasteiger partial charge in [0.15, 0.2) is 0 Å². The first-order valence-electron chi connectivity index (χ1n) is 6.98. The first kappa shape index (κ1) is 14.9. The van der Waals surface area contributed by atoms with Crippen molar-refractivity contribution in [2.45, 2.75) is 33.2 Å². The molecule has 0 spiro atoms. The highest BCUT2D eigenvalue weighted by Crippen LogP contribution is 2.47. The minimum absolute atomic E-state index is 0.0717. The van der Waals surface area contributed by atoms with Gasteiger partial charge in [0.1, 0.15) is 0 Å². The molecule has 1 aliphatic rings. The van der Waals surface area contributed by atoms with Gasteiger partial charge in [0, 0.05) is 25.5 Å². The molecule has 20 heavy (non-hydrogen) atoms. The number of hydrogen-bond acceptors (Lipinski definition) is 3. The summed E-state index contributed by atoms with van der Waals surface area (Å²) in [5.41, 5.74) is 6.31. The van der Waals surface area contributed by atoms with Crippen LogP contribution in [0, 0.1) is 11.3 Å². The van der Waals surface area contributed by atoms with Gasteiger partial charge >= 0.3 is 0 Å². The largest absolute Gasteiger partial charge is 0.392 e. The lowest BCUT2D eigenvalue weighted by Crippen LogP contribution is -2.56. The molecule has 1 aliphatic carbocycles. The Bertz CT molecular complexity index is 497. The highest BCUT2D eigenvalue weighted by atomic mass is 32.1. The van der Waals surface area contributed by atoms with Crippen LogP contribution in [0.4, 0.5) is 0 Å². The van der Waals surface area contributed by atoms with Crippen molar-refractivity contribution in [2.75, 3.05) is 6.54 Å². The Labute approximate surface area is 125 Å². The summed E-state index contributed by atoms with van der Waals surface area (Å²) in [4.78, 5) is 19.0. The van der Waals surface area contributed by atoms with Gasteiger partial charge in [-0.2, -0.15) is 0 Å². The molecular weight excluding hydrogens is 270 g/mol. The van der Waals surface area contributed by atoms with E-state index < -0.39 is 5.41 Å². The van der Waals surface area contributed by atoms with E-state index in [4.69, 9.17) is 18.0 Å². The van der Waals surface area contributed by atoms with Crippen LogP contribution in [0.15, 0.2) is 24.5 Å². The fourth-order valence-corrected chi connectivity index (χ4v) is 3.20. The summed E-state index contributed by atoms with van der Waals surface area (Å²) in [5.74, 6) is 0.586. The fraction of sp³-hybridized carbons (Fsp3) is 0.533. The van der Waals surface area contributed by atoms with Crippen LogP contribution >= 0.6 is 12.2 Å². The Morgan fingerprint density at radius 1 is 1.50 bits per heavy atom. The number of nitrogens with zero attached hydrogens (tertiary/aromatic N) is 2. The van der Waals surface area contributed by atoms with Crippen LogP contribution in [0.3, 0.4) is 0 Å². The number of amides is 1. The smallest absolute Gasteiger partial charge is 0.235 e. The van der Waals surface area contributed by atoms with Gasteiger partial charge in [-0.1, -0.05) is 19.1 Å². The zero-order chi connectivity index (χ0) is 14.8. The molecule has 0 unspecified atom stereocenters. The second-order valence-electron chi connectivity index (χ2n) is 5.63. The zero-order valence-corrected chi connectivity index (χ0v) is 12.8. The molecule has 5 heteroatoms. The summed E-state index contributed by atoms with van der Waals surface area (Å²) in [6.07, 6.45) is 5.02. The van der Waals surface area contributed by atoms with Crippen LogP contribution in [0.2, 0.25) is 0 Å². The van der Waals surface area contributed by atoms with Crippen molar-refractivity contribution in [1.82, 2.24) is 9.88 Å². The first-order valence-corrected chi connectivity index (χ1v) is 7.38. The molecule has 0 aromatic carbocycles. The summed E-state index contributed by atoms with van der Waals surface area (Å²) in [7, 11) is 0. The van der Waals surface area contributed by atoms with Crippen molar-refractivity contribution < 1.29 is 4.79 Å². The molecule has 1 aromatic heterocycles. The Morgan fingerprint density at radius 2 is 2.10 bits per heavy atom. The van der Waals surface area contributed by atoms with Gasteiger partial charge in [0.2, 0.25) is 5.91 Å². The van der Waals surface area contributed by atoms with Crippen molar-refractivity contribution in [3.8, 4) is 0 Å². The topological polar surface area (TPSA) is 59.2 Å². The molecule has 0 saturated heterocycles. The molecule has 2 rings (SSSR count). The third-order valence-corrected chi connectivity index (χ3v) is 4.46. The maximum atomic E-state index is 12.8. The van der Waals surface area contributed by atoms with E-state index in [0.717, 1.165) is 18.4 Å². The molecule has 2 N–H and O–H groups in total. The van der Waals surface area contributed by atoms with Gasteiger partial charge in [0.05, 0.1) is 10.4 Å². The third kappa shape index (κ3) is 2.68. The molecule has 1 amide bonds. The lowest BCUT2D eigenvalue weighted by atomic mass is 9.61. The summed E-state index contributed by atoms with van der Waals surface area (Å²) in [6.45, 7) is 5.34. The van der Waals surface area contributed by atoms with Crippen LogP contribution in [0.5, 0.6) is 0 Å². The van der Waals surface area contributed by atoms with Crippen molar-refractivity contribution in [1.29, 1.82) is 0 Å². The second-order valence-corrected chi connectivity index (χ2v) is 6.07. The minimum atomic E-state index is -0.613. The number of hydrogen-bond donors (Lipinski definition) is 1. The van der Waals surface area contributed by atoms with E-state index in [1.54, 1.807) is 12.4 Å². The van der Waals surface area contributed by atoms with Gasteiger partial charge in [-0.15, -0.1) is 0 Å². The molecule has 0 atom stereocenters. The van der Waals surface area contributed by atoms with Crippen molar-refractivity contribution >= 4 is 23.1 Å². The number of aromatic nitrogens is 1. The van der Waals surface area contributed by atoms with Gasteiger partial charge in [-0.25, -0.2) is 0 Å². The van der Waals surface area contributed by atoms with E-state index in [1.807, 2.05) is 24.0 Å². The monoisotopic (exact) mass is 291 g/mol. The van der Waals surface area contributed by atoms with E-state index >= 15 is 0 Å². The van der Waals surface area contributed by atoms with Gasteiger partial charge in [-0.3, -0.25) is 9.78 Å². The van der Waals surface area contributed by atoms with Crippen LogP contribution < -0.4 is 5.73 Å². The number of carbonyl (C=O) groups excluding carboxylic acids is 1. The Balaban J connectivity index is 2.15. The molecular formula is C15H21N3OS. The van der Waals surface area contributed by atoms with Crippen molar-refractivity contribution in [3.63, 3.8) is 0 Å². The molecule has 1 aromatic rings. The standard InChI is InChI=1S/C15H21N3OS/c1-3-18(10-12-4-6-17-7-5-12)14(19)15(13(16)20)8-11(2)9-15/h4-7,11H,3,8-10H2,1-2H3,(H2,16,20). The minimum Gasteiger partial charge on any atom is -0.392 e. The fourth-order valence-electron chi connectivity index (χ4n) is 2.95. The molecule has 1 heterocycles. The normalized spacial score (nSPS) is 24.8. The predicted octanol–water partition coefficient (Wildman–Crippen LogP) is 2.13. The van der Waals surface area contributed by atoms with Crippen LogP contribution in [0.25, 0.3) is 0 Å². The maximum Gasteiger partial charge on any atom is 0.235 e. The summed E-state index contributed by atoms with van der Waals surface area (Å²) in [6, 6.07) is 3.85. The molecule has 108 valence electrons. The maximum absolute atomic E-state index is 12.8. The summed E-state index contributed by atoms with van der Waals surface area (Å²) in [5, 5.41) is 0. The number of pyridine rings is 1. The summed E-state index contributed by atoms with van der Waals surface area (Å²) < 4.78 is 0. The lowest BCUT2D eigenvalue weighted by Gasteiger charge is -2.46. The van der Waals surface area contributed by atoms with E-state index in [2.05, 4.69) is 11.9 Å². The van der Waals surface area contributed by atoms with Gasteiger partial charge in [-0.05, 0) is 43.4 Å². The number of nitrogens with two attached hydrogens (primary N) is 1. The third-order valence-electron chi connectivity index (χ3n) is 4.07. The van der Waals surface area contributed by atoms with Crippen molar-refractivity contribution in [2.24, 2.45) is 17.1 Å². The highest BCUT2D eigenvalue weighted by Gasteiger charge is 2.52. The quantitative estimate of drug-likeness (QED) is 0.844. The summed E-state index contributed by atoms with van der Waals surface area (Å²) >= 11 is 5.16. The van der Waals surface area contributed by atoms with E-state index in [-0.39, 0.29) is 5.91 Å². The number of carbonyl (C=O) groups is 1. The van der Waals surface area contributed by atoms with Crippen molar-refractivity contribution in [3.05, 3.63) is 30.1 Å². The van der Waals surface area contributed by atoms with E-state index in [0.29, 0.717) is 24.0 Å². The zero-order valence-electron chi connectivity index (χ0n) is 12.0. The Morgan fingerprint density at radius 3 is 2.55 bits per heavy atom. The van der Waals surface area contributed by atoms with Crippen LogP contribution in [-0.4, -0.2) is 27.3 Å². The molecule has 0 aliphatic heterocycles. The Kier molecular flexibility index (Phi) is 4.38. The van der Waals surface area contributed by atoms with Crippen LogP contribution in [0.1, 0.15) is 32.3 Å². The van der Waals surface area contributed by atoms with E-state index in [1.165, 1.54) is 0 Å². The molecule has 1 fully saturated rings. The van der Waals surface area contributed by atoms with Crippen LogP contribution in [-0.2, 0) is 11.3 Å².